The third-order valence-electron chi connectivity index (χ3n) is 3.92. The van der Waals surface area contributed by atoms with Crippen LogP contribution >= 0.6 is 0 Å². The number of aromatic hydroxyl groups is 1. The highest BCUT2D eigenvalue weighted by Gasteiger charge is 2.30. The maximum absolute atomic E-state index is 9.62. The molecule has 0 saturated heterocycles. The first-order valence-corrected chi connectivity index (χ1v) is 7.13. The number of nitrogens with zero attached hydrogens (tertiary/aromatic N) is 1. The predicted octanol–water partition coefficient (Wildman–Crippen LogP) is 3.17. The van der Waals surface area contributed by atoms with E-state index in [4.69, 9.17) is 10.5 Å². The Hall–Kier alpha value is -2.93. The van der Waals surface area contributed by atoms with Crippen LogP contribution in [0.2, 0.25) is 0 Å². The SMILES string of the molecule is CCc1ccc([C@@H]2C(C#N)=C(N)Oc3cc(O)ccc32)cc1. The number of phenolic OH excluding ortho intramolecular Hbond substituents is 1. The fourth-order valence-corrected chi connectivity index (χ4v) is 2.73. The molecule has 1 aliphatic rings. The number of ether oxygens (including phenoxy) is 1. The first-order chi connectivity index (χ1) is 10.6. The Labute approximate surface area is 129 Å². The van der Waals surface area contributed by atoms with Crippen molar-refractivity contribution >= 4 is 0 Å². The van der Waals surface area contributed by atoms with Crippen molar-refractivity contribution in [2.75, 3.05) is 0 Å². The Morgan fingerprint density at radius 2 is 1.95 bits per heavy atom. The second kappa shape index (κ2) is 5.45. The zero-order valence-electron chi connectivity index (χ0n) is 12.2. The number of hydrogen-bond donors (Lipinski definition) is 2. The summed E-state index contributed by atoms with van der Waals surface area (Å²) < 4.78 is 5.49. The smallest absolute Gasteiger partial charge is 0.205 e. The minimum absolute atomic E-state index is 0.0881. The molecule has 3 N–H and O–H groups in total. The highest BCUT2D eigenvalue weighted by Crippen LogP contribution is 2.43. The van der Waals surface area contributed by atoms with E-state index in [1.54, 1.807) is 12.1 Å². The average molecular weight is 292 g/mol. The molecule has 4 heteroatoms. The molecule has 0 amide bonds. The summed E-state index contributed by atoms with van der Waals surface area (Å²) in [6.45, 7) is 2.10. The van der Waals surface area contributed by atoms with E-state index in [1.807, 2.05) is 12.1 Å². The molecule has 0 saturated carbocycles. The third-order valence-corrected chi connectivity index (χ3v) is 3.92. The van der Waals surface area contributed by atoms with Crippen LogP contribution < -0.4 is 10.5 Å². The van der Waals surface area contributed by atoms with Crippen molar-refractivity contribution in [1.82, 2.24) is 0 Å². The lowest BCUT2D eigenvalue weighted by Crippen LogP contribution is -2.20. The van der Waals surface area contributed by atoms with Crippen molar-refractivity contribution in [2.45, 2.75) is 19.3 Å². The largest absolute Gasteiger partial charge is 0.508 e. The molecule has 0 aliphatic carbocycles. The second-order valence-electron chi connectivity index (χ2n) is 5.24. The summed E-state index contributed by atoms with van der Waals surface area (Å²) in [5.74, 6) is 0.401. The molecule has 110 valence electrons. The van der Waals surface area contributed by atoms with Gasteiger partial charge in [-0.05, 0) is 23.6 Å². The molecular weight excluding hydrogens is 276 g/mol. The molecular formula is C18H16N2O2. The molecule has 2 aromatic carbocycles. The highest BCUT2D eigenvalue weighted by molar-refractivity contribution is 5.57. The Bertz CT molecular complexity index is 786. The molecule has 3 rings (SSSR count). The third kappa shape index (κ3) is 2.27. The Balaban J connectivity index is 2.16. The number of allylic oxidation sites excluding steroid dienone is 1. The molecule has 0 fully saturated rings. The zero-order chi connectivity index (χ0) is 15.7. The summed E-state index contributed by atoms with van der Waals surface area (Å²) in [5, 5.41) is 19.1. The molecule has 2 aromatic rings. The number of nitriles is 1. The minimum atomic E-state index is -0.278. The van der Waals surface area contributed by atoms with Crippen LogP contribution in [0.5, 0.6) is 11.5 Å². The maximum Gasteiger partial charge on any atom is 0.205 e. The van der Waals surface area contributed by atoms with Crippen molar-refractivity contribution in [3.63, 3.8) is 0 Å². The molecule has 0 bridgehead atoms. The van der Waals surface area contributed by atoms with Gasteiger partial charge < -0.3 is 15.6 Å². The quantitative estimate of drug-likeness (QED) is 0.891. The van der Waals surface area contributed by atoms with Gasteiger partial charge in [0.25, 0.3) is 0 Å². The lowest BCUT2D eigenvalue weighted by atomic mass is 9.83. The van der Waals surface area contributed by atoms with Gasteiger partial charge in [0.15, 0.2) is 0 Å². The summed E-state index contributed by atoms with van der Waals surface area (Å²) in [5.41, 5.74) is 9.32. The fraction of sp³-hybridized carbons (Fsp3) is 0.167. The molecule has 1 atom stereocenters. The van der Waals surface area contributed by atoms with Crippen molar-refractivity contribution in [3.05, 3.63) is 70.6 Å². The van der Waals surface area contributed by atoms with Crippen LogP contribution in [0.4, 0.5) is 0 Å². The highest BCUT2D eigenvalue weighted by atomic mass is 16.5. The molecule has 1 heterocycles. The number of rotatable bonds is 2. The van der Waals surface area contributed by atoms with Gasteiger partial charge >= 0.3 is 0 Å². The number of fused-ring (bicyclic) bond motifs is 1. The van der Waals surface area contributed by atoms with Gasteiger partial charge in [-0.2, -0.15) is 5.26 Å². The van der Waals surface area contributed by atoms with Gasteiger partial charge in [0.2, 0.25) is 5.88 Å². The maximum atomic E-state index is 9.62. The van der Waals surface area contributed by atoms with E-state index in [2.05, 4.69) is 25.1 Å². The lowest BCUT2D eigenvalue weighted by Gasteiger charge is -2.26. The van der Waals surface area contributed by atoms with Crippen molar-refractivity contribution < 1.29 is 9.84 Å². The number of hydrogen-bond acceptors (Lipinski definition) is 4. The molecule has 0 aromatic heterocycles. The van der Waals surface area contributed by atoms with E-state index in [0.29, 0.717) is 11.3 Å². The normalized spacial score (nSPS) is 16.6. The molecule has 0 spiro atoms. The standard InChI is InChI=1S/C18H16N2O2/c1-2-11-3-5-12(6-4-11)17-14-8-7-13(21)9-16(14)22-18(20)15(17)10-19/h3-9,17,21H,2,20H2,1H3/t17-/m0/s1. The van der Waals surface area contributed by atoms with Crippen LogP contribution in [0.15, 0.2) is 53.9 Å². The summed E-state index contributed by atoms with van der Waals surface area (Å²) in [6, 6.07) is 15.2. The molecule has 4 nitrogen and oxygen atoms in total. The molecule has 0 unspecified atom stereocenters. The number of benzene rings is 2. The van der Waals surface area contributed by atoms with Gasteiger partial charge in [-0.15, -0.1) is 0 Å². The van der Waals surface area contributed by atoms with Gasteiger partial charge in [-0.25, -0.2) is 0 Å². The van der Waals surface area contributed by atoms with Crippen LogP contribution in [0.25, 0.3) is 0 Å². The number of nitrogens with two attached hydrogens (primary N) is 1. The summed E-state index contributed by atoms with van der Waals surface area (Å²) in [6.07, 6.45) is 0.960. The van der Waals surface area contributed by atoms with Gasteiger partial charge in [0.05, 0.1) is 5.92 Å². The summed E-state index contributed by atoms with van der Waals surface area (Å²) >= 11 is 0. The fourth-order valence-electron chi connectivity index (χ4n) is 2.73. The van der Waals surface area contributed by atoms with Gasteiger partial charge in [0, 0.05) is 11.6 Å². The van der Waals surface area contributed by atoms with E-state index in [-0.39, 0.29) is 17.6 Å². The van der Waals surface area contributed by atoms with E-state index < -0.39 is 0 Å². The second-order valence-corrected chi connectivity index (χ2v) is 5.24. The van der Waals surface area contributed by atoms with E-state index in [0.717, 1.165) is 17.5 Å². The Kier molecular flexibility index (Phi) is 3.48. The summed E-state index contributed by atoms with van der Waals surface area (Å²) in [4.78, 5) is 0. The van der Waals surface area contributed by atoms with Crippen LogP contribution in [0.3, 0.4) is 0 Å². The minimum Gasteiger partial charge on any atom is -0.508 e. The first kappa shape index (κ1) is 14.0. The van der Waals surface area contributed by atoms with E-state index in [1.165, 1.54) is 11.6 Å². The topological polar surface area (TPSA) is 79.3 Å². The van der Waals surface area contributed by atoms with E-state index in [9.17, 15) is 10.4 Å². The Morgan fingerprint density at radius 1 is 1.23 bits per heavy atom. The molecule has 0 radical (unpaired) electrons. The van der Waals surface area contributed by atoms with Crippen molar-refractivity contribution in [1.29, 1.82) is 5.26 Å². The van der Waals surface area contributed by atoms with Gasteiger partial charge in [-0.3, -0.25) is 0 Å². The van der Waals surface area contributed by atoms with Gasteiger partial charge in [-0.1, -0.05) is 37.3 Å². The number of aryl methyl sites for hydroxylation is 1. The lowest BCUT2D eigenvalue weighted by molar-refractivity contribution is 0.388. The van der Waals surface area contributed by atoms with Crippen LogP contribution in [-0.2, 0) is 6.42 Å². The Morgan fingerprint density at radius 3 is 2.59 bits per heavy atom. The van der Waals surface area contributed by atoms with E-state index >= 15 is 0 Å². The summed E-state index contributed by atoms with van der Waals surface area (Å²) in [7, 11) is 0. The predicted molar refractivity (Wildman–Crippen MR) is 83.2 cm³/mol. The van der Waals surface area contributed by atoms with Crippen LogP contribution in [0, 0.1) is 11.3 Å². The monoisotopic (exact) mass is 292 g/mol. The van der Waals surface area contributed by atoms with Crippen molar-refractivity contribution in [2.24, 2.45) is 5.73 Å². The average Bonchev–Trinajstić information content (AvgIpc) is 2.53. The zero-order valence-corrected chi connectivity index (χ0v) is 12.2. The van der Waals surface area contributed by atoms with Crippen LogP contribution in [0.1, 0.15) is 29.5 Å². The molecule has 1 aliphatic heterocycles. The van der Waals surface area contributed by atoms with Gasteiger partial charge in [0.1, 0.15) is 23.1 Å². The number of phenols is 1. The van der Waals surface area contributed by atoms with Crippen LogP contribution in [-0.4, -0.2) is 5.11 Å². The first-order valence-electron chi connectivity index (χ1n) is 7.13. The van der Waals surface area contributed by atoms with Crippen molar-refractivity contribution in [3.8, 4) is 17.6 Å². The molecule has 22 heavy (non-hydrogen) atoms.